The molecule has 2 N–H and O–H groups in total. The lowest BCUT2D eigenvalue weighted by Gasteiger charge is -2.37. The van der Waals surface area contributed by atoms with Crippen molar-refractivity contribution in [3.8, 4) is 5.75 Å². The van der Waals surface area contributed by atoms with E-state index in [1.807, 2.05) is 18.2 Å². The number of aromatic nitrogens is 2. The molecule has 4 atom stereocenters. The number of aliphatic imine (C=N–C) groups is 1. The van der Waals surface area contributed by atoms with E-state index in [0.29, 0.717) is 53.1 Å². The van der Waals surface area contributed by atoms with E-state index in [-0.39, 0.29) is 17.4 Å². The first-order chi connectivity index (χ1) is 19.3. The molecule has 2 aliphatic rings. The lowest BCUT2D eigenvalue weighted by molar-refractivity contribution is 0.237. The molecule has 0 bridgehead atoms. The second-order valence-electron chi connectivity index (χ2n) is 11.4. The number of methoxy groups -OCH3 is 1. The van der Waals surface area contributed by atoms with E-state index in [9.17, 15) is 9.18 Å². The predicted molar refractivity (Wildman–Crippen MR) is 159 cm³/mol. The minimum Gasteiger partial charge on any atom is -0.497 e. The summed E-state index contributed by atoms with van der Waals surface area (Å²) in [7, 11) is 1.51. The van der Waals surface area contributed by atoms with Crippen molar-refractivity contribution in [2.75, 3.05) is 32.1 Å². The number of fused-ring (bicyclic) bond motifs is 1. The van der Waals surface area contributed by atoms with Gasteiger partial charge >= 0.3 is 0 Å². The van der Waals surface area contributed by atoms with Crippen LogP contribution in [0.5, 0.6) is 5.75 Å². The third kappa shape index (κ3) is 6.30. The van der Waals surface area contributed by atoms with Crippen LogP contribution in [0.3, 0.4) is 0 Å². The Bertz CT molecular complexity index is 1420. The van der Waals surface area contributed by atoms with Gasteiger partial charge in [0.15, 0.2) is 5.96 Å². The number of benzene rings is 2. The first-order valence-corrected chi connectivity index (χ1v) is 14.5. The van der Waals surface area contributed by atoms with Gasteiger partial charge in [-0.3, -0.25) is 9.36 Å². The third-order valence-corrected chi connectivity index (χ3v) is 8.58. The van der Waals surface area contributed by atoms with Crippen molar-refractivity contribution < 1.29 is 9.13 Å². The number of hydrogen-bond acceptors (Lipinski definition) is 5. The van der Waals surface area contributed by atoms with Crippen LogP contribution in [0, 0.1) is 17.7 Å². The molecule has 0 radical (unpaired) electrons. The van der Waals surface area contributed by atoms with Gasteiger partial charge in [0.05, 0.1) is 30.4 Å². The molecule has 2 heterocycles. The second kappa shape index (κ2) is 12.4. The van der Waals surface area contributed by atoms with Crippen LogP contribution in [-0.4, -0.2) is 59.2 Å². The molecule has 8 nitrogen and oxygen atoms in total. The summed E-state index contributed by atoms with van der Waals surface area (Å²) >= 11 is 0. The van der Waals surface area contributed by atoms with Crippen LogP contribution < -0.4 is 20.9 Å². The third-order valence-electron chi connectivity index (χ3n) is 8.58. The number of guanidine groups is 1. The summed E-state index contributed by atoms with van der Waals surface area (Å²) in [6.45, 7) is 9.87. The minimum atomic E-state index is -0.342. The van der Waals surface area contributed by atoms with Crippen molar-refractivity contribution in [2.45, 2.75) is 65.1 Å². The van der Waals surface area contributed by atoms with E-state index in [1.165, 1.54) is 26.0 Å². The summed E-state index contributed by atoms with van der Waals surface area (Å²) in [5.41, 5.74) is 1.87. The maximum atomic E-state index is 14.4. The van der Waals surface area contributed by atoms with Crippen molar-refractivity contribution in [1.29, 1.82) is 0 Å². The molecule has 3 aromatic rings. The number of rotatable bonds is 6. The number of piperazine rings is 1. The number of nitrogens with one attached hydrogen (secondary N) is 2. The molecule has 2 aromatic carbocycles. The highest BCUT2D eigenvalue weighted by Gasteiger charge is 2.29. The first-order valence-electron chi connectivity index (χ1n) is 14.5. The zero-order valence-corrected chi connectivity index (χ0v) is 24.0. The average Bonchev–Trinajstić information content (AvgIpc) is 2.95. The molecule has 0 spiro atoms. The topological polar surface area (TPSA) is 83.8 Å². The van der Waals surface area contributed by atoms with Gasteiger partial charge in [0.25, 0.3) is 5.56 Å². The van der Waals surface area contributed by atoms with Crippen LogP contribution in [0.25, 0.3) is 10.9 Å². The van der Waals surface area contributed by atoms with Crippen molar-refractivity contribution in [3.63, 3.8) is 0 Å². The van der Waals surface area contributed by atoms with E-state index in [2.05, 4.69) is 41.3 Å². The number of hydrogen-bond donors (Lipinski definition) is 2. The van der Waals surface area contributed by atoms with Gasteiger partial charge in [-0.2, -0.15) is 0 Å². The van der Waals surface area contributed by atoms with Crippen LogP contribution in [0.2, 0.25) is 0 Å². The van der Waals surface area contributed by atoms with E-state index in [0.717, 1.165) is 37.7 Å². The second-order valence-corrected chi connectivity index (χ2v) is 11.4. The van der Waals surface area contributed by atoms with Gasteiger partial charge in [-0.25, -0.2) is 14.4 Å². The Balaban J connectivity index is 1.36. The highest BCUT2D eigenvalue weighted by atomic mass is 19.1. The maximum absolute atomic E-state index is 14.4. The Kier molecular flexibility index (Phi) is 8.69. The summed E-state index contributed by atoms with van der Waals surface area (Å²) in [5.74, 6) is 2.23. The molecule has 1 saturated heterocycles. The standard InChI is InChI=1S/C31H41FN6O2/c1-20-6-5-7-28(22(20)3)36-31(37-15-13-33-21(2)18-37)35-24-9-11-26-29(16-24)34-19-38(30(26)39)14-12-23-8-10-25(40-4)17-27(23)32/h8-11,16-17,19-22,28,33H,5-7,12-15,18H2,1-4H3,(H,35,36)/t20?,21-,22?,28?/m0/s1. The molecule has 1 aliphatic heterocycles. The SMILES string of the molecule is COc1ccc(CCn2cnc3cc(NC(=NC4CCCC(C)C4C)N4CCN[C@@H](C)C4)ccc3c2=O)c(F)c1. The largest absolute Gasteiger partial charge is 0.497 e. The van der Waals surface area contributed by atoms with Crippen molar-refractivity contribution in [1.82, 2.24) is 19.8 Å². The van der Waals surface area contributed by atoms with Crippen LogP contribution >= 0.6 is 0 Å². The zero-order chi connectivity index (χ0) is 28.2. The predicted octanol–water partition coefficient (Wildman–Crippen LogP) is 4.67. The number of halogens is 1. The molecular formula is C31H41FN6O2. The van der Waals surface area contributed by atoms with Gasteiger partial charge in [-0.1, -0.05) is 32.8 Å². The van der Waals surface area contributed by atoms with Crippen LogP contribution in [-0.2, 0) is 13.0 Å². The van der Waals surface area contributed by atoms with E-state index in [1.54, 1.807) is 23.0 Å². The maximum Gasteiger partial charge on any atom is 0.261 e. The molecule has 1 aliphatic carbocycles. The fourth-order valence-corrected chi connectivity index (χ4v) is 5.83. The first kappa shape index (κ1) is 28.1. The molecule has 1 aromatic heterocycles. The molecule has 40 heavy (non-hydrogen) atoms. The molecule has 1 saturated carbocycles. The molecule has 3 unspecified atom stereocenters. The fraction of sp³-hybridized carbons (Fsp3) is 0.516. The summed E-state index contributed by atoms with van der Waals surface area (Å²) < 4.78 is 21.0. The van der Waals surface area contributed by atoms with E-state index in [4.69, 9.17) is 9.73 Å². The van der Waals surface area contributed by atoms with Crippen LogP contribution in [0.1, 0.15) is 45.6 Å². The van der Waals surface area contributed by atoms with Gasteiger partial charge in [0.1, 0.15) is 11.6 Å². The van der Waals surface area contributed by atoms with Crippen molar-refractivity contribution in [2.24, 2.45) is 16.8 Å². The Morgan fingerprint density at radius 1 is 1.20 bits per heavy atom. The smallest absolute Gasteiger partial charge is 0.261 e. The van der Waals surface area contributed by atoms with Crippen LogP contribution in [0.15, 0.2) is 52.5 Å². The Morgan fingerprint density at radius 2 is 2.05 bits per heavy atom. The van der Waals surface area contributed by atoms with Gasteiger partial charge < -0.3 is 20.3 Å². The van der Waals surface area contributed by atoms with Gasteiger partial charge in [-0.05, 0) is 61.4 Å². The van der Waals surface area contributed by atoms with Gasteiger partial charge in [-0.15, -0.1) is 0 Å². The molecule has 214 valence electrons. The molecular weight excluding hydrogens is 507 g/mol. The highest BCUT2D eigenvalue weighted by Crippen LogP contribution is 2.32. The lowest BCUT2D eigenvalue weighted by atomic mass is 9.78. The van der Waals surface area contributed by atoms with Gasteiger partial charge in [0, 0.05) is 44.0 Å². The van der Waals surface area contributed by atoms with E-state index < -0.39 is 0 Å². The summed E-state index contributed by atoms with van der Waals surface area (Å²) in [6, 6.07) is 11.1. The quantitative estimate of drug-likeness (QED) is 0.344. The summed E-state index contributed by atoms with van der Waals surface area (Å²) in [5, 5.41) is 7.64. The summed E-state index contributed by atoms with van der Waals surface area (Å²) in [4.78, 5) is 25.4. The number of nitrogens with zero attached hydrogens (tertiary/aromatic N) is 4. The monoisotopic (exact) mass is 548 g/mol. The Hall–Kier alpha value is -3.46. The van der Waals surface area contributed by atoms with Gasteiger partial charge in [0.2, 0.25) is 0 Å². The molecule has 0 amide bonds. The van der Waals surface area contributed by atoms with E-state index >= 15 is 0 Å². The normalized spacial score (nSPS) is 23.8. The fourth-order valence-electron chi connectivity index (χ4n) is 5.83. The van der Waals surface area contributed by atoms with Crippen molar-refractivity contribution >= 4 is 22.5 Å². The van der Waals surface area contributed by atoms with Crippen molar-refractivity contribution in [3.05, 3.63) is 64.5 Å². The Morgan fingerprint density at radius 3 is 2.83 bits per heavy atom. The van der Waals surface area contributed by atoms with Crippen LogP contribution in [0.4, 0.5) is 10.1 Å². The highest BCUT2D eigenvalue weighted by molar-refractivity contribution is 5.96. The average molecular weight is 549 g/mol. The summed E-state index contributed by atoms with van der Waals surface area (Å²) in [6.07, 6.45) is 5.51. The minimum absolute atomic E-state index is 0.139. The number of ether oxygens (including phenoxy) is 1. The molecule has 5 rings (SSSR count). The Labute approximate surface area is 235 Å². The lowest BCUT2D eigenvalue weighted by Crippen LogP contribution is -2.53. The molecule has 9 heteroatoms. The number of anilines is 1. The molecule has 2 fully saturated rings. The zero-order valence-electron chi connectivity index (χ0n) is 24.0. The number of aryl methyl sites for hydroxylation is 2.